The summed E-state index contributed by atoms with van der Waals surface area (Å²) in [6, 6.07) is 0. The number of sulfone groups is 1. The molecule has 0 aromatic rings. The predicted molar refractivity (Wildman–Crippen MR) is 66.7 cm³/mol. The second kappa shape index (κ2) is 9.00. The number of rotatable bonds is 9. The fourth-order valence-electron chi connectivity index (χ4n) is 1.10. The first kappa shape index (κ1) is 23.0. The molecule has 0 fully saturated rings. The minimum atomic E-state index is -4.64. The number of aliphatic hydroxyl groups excluding tert-OH is 1. The summed E-state index contributed by atoms with van der Waals surface area (Å²) in [6.07, 6.45) is -0.799. The molecule has 0 aromatic heterocycles. The van der Waals surface area contributed by atoms with Gasteiger partial charge in [0.25, 0.3) is 0 Å². The smallest absolute Gasteiger partial charge is 0.748 e. The van der Waals surface area contributed by atoms with Crippen LogP contribution in [0, 0.1) is 0 Å². The zero-order valence-electron chi connectivity index (χ0n) is 11.1. The van der Waals surface area contributed by atoms with Gasteiger partial charge in [0.1, 0.15) is 9.84 Å². The summed E-state index contributed by atoms with van der Waals surface area (Å²) >= 11 is 0. The van der Waals surface area contributed by atoms with Gasteiger partial charge in [-0.1, -0.05) is 0 Å². The summed E-state index contributed by atoms with van der Waals surface area (Å²) in [5.74, 6) is -1.87. The summed E-state index contributed by atoms with van der Waals surface area (Å²) in [6.45, 7) is -0.622. The summed E-state index contributed by atoms with van der Waals surface area (Å²) in [7, 11) is -11.7. The minimum absolute atomic E-state index is 0. The van der Waals surface area contributed by atoms with Crippen LogP contribution in [0.15, 0.2) is 0 Å². The SMILES string of the molecule is CS(=O)(=O)CCCS(=O)(=O)NCC(O)CS(=O)(=O)[O-].[Na+]. The zero-order valence-corrected chi connectivity index (χ0v) is 15.6. The minimum Gasteiger partial charge on any atom is -0.748 e. The van der Waals surface area contributed by atoms with Crippen LogP contribution in [0.2, 0.25) is 0 Å². The van der Waals surface area contributed by atoms with Gasteiger partial charge >= 0.3 is 29.6 Å². The van der Waals surface area contributed by atoms with E-state index in [1.807, 2.05) is 4.72 Å². The Kier molecular flexibility index (Phi) is 10.4. The van der Waals surface area contributed by atoms with E-state index >= 15 is 0 Å². The number of aliphatic hydroxyl groups is 1. The Bertz CT molecular complexity index is 582. The van der Waals surface area contributed by atoms with E-state index in [4.69, 9.17) is 5.11 Å². The summed E-state index contributed by atoms with van der Waals surface area (Å²) in [5.41, 5.74) is 0. The normalized spacial score (nSPS) is 14.6. The van der Waals surface area contributed by atoms with Crippen molar-refractivity contribution in [3.8, 4) is 0 Å². The molecule has 0 saturated carbocycles. The number of sulfonamides is 1. The molecule has 1 unspecified atom stereocenters. The van der Waals surface area contributed by atoms with Gasteiger partial charge in [-0.15, -0.1) is 0 Å². The zero-order chi connectivity index (χ0) is 15.3. The number of hydrogen-bond acceptors (Lipinski definition) is 8. The van der Waals surface area contributed by atoms with Crippen molar-refractivity contribution in [3.05, 3.63) is 0 Å². The van der Waals surface area contributed by atoms with Crippen molar-refractivity contribution in [1.29, 1.82) is 0 Å². The first-order chi connectivity index (χ1) is 8.31. The number of nitrogens with one attached hydrogen (secondary N) is 1. The Labute approximate surface area is 141 Å². The molecule has 1 atom stereocenters. The van der Waals surface area contributed by atoms with Crippen molar-refractivity contribution in [1.82, 2.24) is 4.72 Å². The van der Waals surface area contributed by atoms with Gasteiger partial charge < -0.3 is 9.66 Å². The van der Waals surface area contributed by atoms with Crippen LogP contribution in [0.1, 0.15) is 6.42 Å². The van der Waals surface area contributed by atoms with Crippen LogP contribution in [-0.4, -0.2) is 71.1 Å². The molecule has 20 heavy (non-hydrogen) atoms. The molecule has 0 heterocycles. The van der Waals surface area contributed by atoms with E-state index in [9.17, 15) is 29.8 Å². The van der Waals surface area contributed by atoms with Gasteiger partial charge in [0.05, 0.1) is 33.5 Å². The van der Waals surface area contributed by atoms with Gasteiger partial charge in [0.15, 0.2) is 0 Å². The molecule has 0 rings (SSSR count). The molecule has 0 saturated heterocycles. The van der Waals surface area contributed by atoms with Crippen LogP contribution < -0.4 is 34.3 Å². The van der Waals surface area contributed by atoms with E-state index in [1.54, 1.807) is 0 Å². The second-order valence-corrected chi connectivity index (χ2v) is 9.66. The second-order valence-electron chi connectivity index (χ2n) is 4.03. The Balaban J connectivity index is 0. The van der Waals surface area contributed by atoms with Crippen LogP contribution >= 0.6 is 0 Å². The molecule has 0 aromatic carbocycles. The average Bonchev–Trinajstić information content (AvgIpc) is 2.09. The summed E-state index contributed by atoms with van der Waals surface area (Å²) in [5, 5.41) is 9.10. The van der Waals surface area contributed by atoms with E-state index < -0.39 is 54.1 Å². The molecule has 0 aliphatic rings. The van der Waals surface area contributed by atoms with Gasteiger partial charge in [-0.05, 0) is 6.42 Å². The molecule has 2 N–H and O–H groups in total. The first-order valence-electron chi connectivity index (χ1n) is 5.07. The summed E-state index contributed by atoms with van der Waals surface area (Å²) in [4.78, 5) is 0. The van der Waals surface area contributed by atoms with Gasteiger partial charge in [0, 0.05) is 12.8 Å². The third-order valence-corrected chi connectivity index (χ3v) is 5.12. The van der Waals surface area contributed by atoms with E-state index in [1.165, 1.54) is 0 Å². The Morgan fingerprint density at radius 1 is 1.10 bits per heavy atom. The molecular weight excluding hydrogens is 345 g/mol. The van der Waals surface area contributed by atoms with E-state index in [0.29, 0.717) is 0 Å². The van der Waals surface area contributed by atoms with Crippen LogP contribution in [0.25, 0.3) is 0 Å². The van der Waals surface area contributed by atoms with Gasteiger partial charge in [-0.25, -0.2) is 30.0 Å². The number of hydrogen-bond donors (Lipinski definition) is 2. The van der Waals surface area contributed by atoms with Crippen molar-refractivity contribution in [2.45, 2.75) is 12.5 Å². The van der Waals surface area contributed by atoms with Crippen LogP contribution in [0.5, 0.6) is 0 Å². The predicted octanol–water partition coefficient (Wildman–Crippen LogP) is -5.75. The Morgan fingerprint density at radius 3 is 2.00 bits per heavy atom. The standard InChI is InChI=1S/C7H17NO8S3.Na/c1-17(10,11)3-2-4-18(12,13)8-5-7(9)6-19(14,15)16;/h7-9H,2-6H2,1H3,(H,14,15,16);/q;+1/p-1. The monoisotopic (exact) mass is 361 g/mol. The quantitative estimate of drug-likeness (QED) is 0.304. The van der Waals surface area contributed by atoms with Crippen molar-refractivity contribution < 1.29 is 64.5 Å². The van der Waals surface area contributed by atoms with Crippen molar-refractivity contribution >= 4 is 30.0 Å². The molecule has 0 aliphatic carbocycles. The van der Waals surface area contributed by atoms with Gasteiger partial charge in [0.2, 0.25) is 10.0 Å². The van der Waals surface area contributed by atoms with Crippen LogP contribution in [0.3, 0.4) is 0 Å². The van der Waals surface area contributed by atoms with Crippen molar-refractivity contribution in [2.24, 2.45) is 0 Å². The third kappa shape index (κ3) is 15.1. The van der Waals surface area contributed by atoms with E-state index in [0.717, 1.165) is 6.26 Å². The van der Waals surface area contributed by atoms with Gasteiger partial charge in [-0.3, -0.25) is 0 Å². The fourth-order valence-corrected chi connectivity index (χ4v) is 3.66. The van der Waals surface area contributed by atoms with Gasteiger partial charge in [-0.2, -0.15) is 0 Å². The Hall–Kier alpha value is 0.730. The largest absolute Gasteiger partial charge is 1.00 e. The molecule has 116 valence electrons. The molecule has 0 radical (unpaired) electrons. The maximum absolute atomic E-state index is 11.3. The topological polar surface area (TPSA) is 158 Å². The third-order valence-electron chi connectivity index (χ3n) is 1.86. The molecule has 0 spiro atoms. The van der Waals surface area contributed by atoms with Crippen molar-refractivity contribution in [3.63, 3.8) is 0 Å². The molecule has 0 amide bonds. The van der Waals surface area contributed by atoms with E-state index in [2.05, 4.69) is 0 Å². The molecule has 13 heteroatoms. The first-order valence-corrected chi connectivity index (χ1v) is 10.4. The van der Waals surface area contributed by atoms with Crippen molar-refractivity contribution in [2.75, 3.05) is 30.1 Å². The molecule has 0 aliphatic heterocycles. The maximum Gasteiger partial charge on any atom is 1.00 e. The Morgan fingerprint density at radius 2 is 1.60 bits per heavy atom. The molecule has 0 bridgehead atoms. The maximum atomic E-state index is 11.3. The summed E-state index contributed by atoms with van der Waals surface area (Å²) < 4.78 is 77.0. The molecular formula is C7H16NNaO8S3. The van der Waals surface area contributed by atoms with Crippen LogP contribution in [-0.2, 0) is 30.0 Å². The van der Waals surface area contributed by atoms with Crippen LogP contribution in [0.4, 0.5) is 0 Å². The molecule has 9 nitrogen and oxygen atoms in total. The fraction of sp³-hybridized carbons (Fsp3) is 1.00. The average molecular weight is 361 g/mol. The van der Waals surface area contributed by atoms with E-state index in [-0.39, 0.29) is 41.7 Å².